The van der Waals surface area contributed by atoms with Crippen LogP contribution < -0.4 is 15.4 Å². The number of halogens is 6. The summed E-state index contributed by atoms with van der Waals surface area (Å²) >= 11 is 6.88. The molecule has 0 radical (unpaired) electrons. The molecule has 0 atom stereocenters. The highest BCUT2D eigenvalue weighted by Gasteiger charge is 2.33. The maximum atomic E-state index is 14.4. The molecule has 0 unspecified atom stereocenters. The van der Waals surface area contributed by atoms with Gasteiger partial charge in [-0.05, 0) is 23.8 Å². The third-order valence-electron chi connectivity index (χ3n) is 5.04. The molecular weight excluding hydrogens is 539 g/mol. The Kier molecular flexibility index (Phi) is 7.60. The molecule has 1 amide bonds. The summed E-state index contributed by atoms with van der Waals surface area (Å²) in [6.07, 6.45) is -4.62. The first-order chi connectivity index (χ1) is 17.6. The molecule has 192 valence electrons. The Morgan fingerprint density at radius 3 is 2.46 bits per heavy atom. The lowest BCUT2D eigenvalue weighted by atomic mass is 10.1. The number of nitrogens with one attached hydrogen (secondary N) is 2. The SMILES string of the molecule is COc1c(Cl)cc(Nc2sc(-c3ccccc3F)nc2C(=O)NCc2ccccc2C(F)(F)F)nc1F. The van der Waals surface area contributed by atoms with Crippen LogP contribution >= 0.6 is 22.9 Å². The van der Waals surface area contributed by atoms with Crippen LogP contribution in [0.15, 0.2) is 54.6 Å². The van der Waals surface area contributed by atoms with Gasteiger partial charge in [-0.1, -0.05) is 53.3 Å². The predicted octanol–water partition coefficient (Wildman–Crippen LogP) is 6.84. The Labute approximate surface area is 216 Å². The van der Waals surface area contributed by atoms with Gasteiger partial charge >= 0.3 is 6.18 Å². The molecule has 0 bridgehead atoms. The van der Waals surface area contributed by atoms with Crippen molar-refractivity contribution in [1.82, 2.24) is 15.3 Å². The number of ether oxygens (including phenoxy) is 1. The summed E-state index contributed by atoms with van der Waals surface area (Å²) in [6, 6.07) is 11.7. The van der Waals surface area contributed by atoms with Crippen molar-refractivity contribution in [3.05, 3.63) is 88.2 Å². The maximum Gasteiger partial charge on any atom is 0.416 e. The summed E-state index contributed by atoms with van der Waals surface area (Å²) in [4.78, 5) is 20.9. The highest BCUT2D eigenvalue weighted by Crippen LogP contribution is 2.37. The first kappa shape index (κ1) is 26.3. The molecule has 2 heterocycles. The summed E-state index contributed by atoms with van der Waals surface area (Å²) in [6.45, 7) is -0.457. The van der Waals surface area contributed by atoms with Crippen LogP contribution in [0.1, 0.15) is 21.6 Å². The van der Waals surface area contributed by atoms with E-state index in [0.717, 1.165) is 17.4 Å². The zero-order chi connectivity index (χ0) is 26.7. The molecule has 6 nitrogen and oxygen atoms in total. The van der Waals surface area contributed by atoms with Crippen molar-refractivity contribution in [2.45, 2.75) is 12.7 Å². The second kappa shape index (κ2) is 10.7. The monoisotopic (exact) mass is 554 g/mol. The minimum atomic E-state index is -4.62. The summed E-state index contributed by atoms with van der Waals surface area (Å²) in [5.74, 6) is -2.87. The summed E-state index contributed by atoms with van der Waals surface area (Å²) < 4.78 is 73.5. The van der Waals surface area contributed by atoms with Gasteiger partial charge in [0.05, 0.1) is 17.7 Å². The number of hydrogen-bond acceptors (Lipinski definition) is 6. The van der Waals surface area contributed by atoms with Crippen LogP contribution in [0.2, 0.25) is 5.02 Å². The molecule has 0 fully saturated rings. The van der Waals surface area contributed by atoms with Crippen molar-refractivity contribution in [1.29, 1.82) is 0 Å². The molecule has 0 saturated heterocycles. The van der Waals surface area contributed by atoms with Gasteiger partial charge in [0.1, 0.15) is 21.6 Å². The highest BCUT2D eigenvalue weighted by molar-refractivity contribution is 7.19. The van der Waals surface area contributed by atoms with E-state index in [9.17, 15) is 26.7 Å². The molecule has 13 heteroatoms. The van der Waals surface area contributed by atoms with Gasteiger partial charge < -0.3 is 15.4 Å². The molecular formula is C24H16ClF5N4O2S. The number of aromatic nitrogens is 2. The number of carbonyl (C=O) groups excluding carboxylic acids is 1. The number of methoxy groups -OCH3 is 1. The number of anilines is 2. The first-order valence-electron chi connectivity index (χ1n) is 10.4. The van der Waals surface area contributed by atoms with E-state index < -0.39 is 36.0 Å². The van der Waals surface area contributed by atoms with Crippen molar-refractivity contribution >= 4 is 39.7 Å². The fraction of sp³-hybridized carbons (Fsp3) is 0.125. The lowest BCUT2D eigenvalue weighted by Crippen LogP contribution is -2.25. The zero-order valence-corrected chi connectivity index (χ0v) is 20.4. The predicted molar refractivity (Wildman–Crippen MR) is 129 cm³/mol. The van der Waals surface area contributed by atoms with E-state index in [1.807, 2.05) is 0 Å². The quantitative estimate of drug-likeness (QED) is 0.193. The average Bonchev–Trinajstić information content (AvgIpc) is 3.25. The second-order valence-electron chi connectivity index (χ2n) is 7.45. The Bertz CT molecular complexity index is 1440. The largest absolute Gasteiger partial charge is 0.491 e. The lowest BCUT2D eigenvalue weighted by Gasteiger charge is -2.13. The van der Waals surface area contributed by atoms with E-state index in [2.05, 4.69) is 20.6 Å². The van der Waals surface area contributed by atoms with Crippen LogP contribution in [0.25, 0.3) is 10.6 Å². The number of pyridine rings is 1. The fourth-order valence-corrected chi connectivity index (χ4v) is 4.61. The van der Waals surface area contributed by atoms with Gasteiger partial charge in [0.25, 0.3) is 11.9 Å². The Morgan fingerprint density at radius 1 is 1.08 bits per heavy atom. The van der Waals surface area contributed by atoms with Gasteiger partial charge in [-0.25, -0.2) is 9.37 Å². The Morgan fingerprint density at radius 2 is 1.78 bits per heavy atom. The number of hydrogen-bond donors (Lipinski definition) is 2. The fourth-order valence-electron chi connectivity index (χ4n) is 3.35. The average molecular weight is 555 g/mol. The smallest absolute Gasteiger partial charge is 0.416 e. The maximum absolute atomic E-state index is 14.4. The summed E-state index contributed by atoms with van der Waals surface area (Å²) in [5.41, 5.74) is -1.23. The molecule has 2 aromatic carbocycles. The van der Waals surface area contributed by atoms with Gasteiger partial charge in [-0.15, -0.1) is 0 Å². The normalized spacial score (nSPS) is 11.3. The number of rotatable bonds is 7. The lowest BCUT2D eigenvalue weighted by molar-refractivity contribution is -0.138. The van der Waals surface area contributed by atoms with E-state index in [4.69, 9.17) is 16.3 Å². The Hall–Kier alpha value is -3.77. The van der Waals surface area contributed by atoms with Crippen molar-refractivity contribution in [3.8, 4) is 16.3 Å². The van der Waals surface area contributed by atoms with E-state index in [1.54, 1.807) is 6.07 Å². The second-order valence-corrected chi connectivity index (χ2v) is 8.86. The molecule has 4 aromatic rings. The molecule has 0 aliphatic carbocycles. The first-order valence-corrected chi connectivity index (χ1v) is 11.6. The van der Waals surface area contributed by atoms with Gasteiger partial charge in [0.2, 0.25) is 0 Å². The van der Waals surface area contributed by atoms with Crippen LogP contribution in [0, 0.1) is 11.8 Å². The van der Waals surface area contributed by atoms with Gasteiger partial charge in [0.15, 0.2) is 11.4 Å². The molecule has 37 heavy (non-hydrogen) atoms. The molecule has 2 aromatic heterocycles. The number of amides is 1. The molecule has 0 spiro atoms. The van der Waals surface area contributed by atoms with E-state index in [0.29, 0.717) is 0 Å². The van der Waals surface area contributed by atoms with Crippen LogP contribution in [0.4, 0.5) is 32.8 Å². The summed E-state index contributed by atoms with van der Waals surface area (Å²) in [5, 5.41) is 5.17. The van der Waals surface area contributed by atoms with E-state index in [1.165, 1.54) is 49.6 Å². The zero-order valence-electron chi connectivity index (χ0n) is 18.8. The van der Waals surface area contributed by atoms with Gasteiger partial charge in [0, 0.05) is 18.2 Å². The van der Waals surface area contributed by atoms with Gasteiger partial charge in [-0.2, -0.15) is 22.5 Å². The Balaban J connectivity index is 1.68. The molecule has 2 N–H and O–H groups in total. The molecule has 0 saturated carbocycles. The standard InChI is InChI=1S/C24H16ClF5N4O2S/c1-36-19-15(25)10-17(32-20(19)27)33-23-18(34-22(37-23)13-7-3-5-9-16(13)26)21(35)31-11-12-6-2-4-8-14(12)24(28,29)30/h2-10H,11H2,1H3,(H,31,35)(H,32,33). The third-order valence-corrected chi connectivity index (χ3v) is 6.33. The summed E-state index contributed by atoms with van der Waals surface area (Å²) in [7, 11) is 1.21. The number of carbonyl (C=O) groups is 1. The number of benzene rings is 2. The van der Waals surface area contributed by atoms with Crippen molar-refractivity contribution in [2.24, 2.45) is 0 Å². The van der Waals surface area contributed by atoms with Crippen LogP contribution in [0.3, 0.4) is 0 Å². The number of thiazole rings is 1. The van der Waals surface area contributed by atoms with E-state index >= 15 is 0 Å². The van der Waals surface area contributed by atoms with Gasteiger partial charge in [-0.3, -0.25) is 4.79 Å². The van der Waals surface area contributed by atoms with Crippen molar-refractivity contribution < 1.29 is 31.5 Å². The van der Waals surface area contributed by atoms with Crippen molar-refractivity contribution in [3.63, 3.8) is 0 Å². The minimum Gasteiger partial charge on any atom is -0.491 e. The molecule has 0 aliphatic heterocycles. The van der Waals surface area contributed by atoms with Crippen LogP contribution in [-0.4, -0.2) is 23.0 Å². The van der Waals surface area contributed by atoms with Crippen molar-refractivity contribution in [2.75, 3.05) is 12.4 Å². The van der Waals surface area contributed by atoms with E-state index in [-0.39, 0.29) is 43.4 Å². The topological polar surface area (TPSA) is 76.1 Å². The molecule has 0 aliphatic rings. The number of alkyl halides is 3. The van der Waals surface area contributed by atoms with Crippen LogP contribution in [0.5, 0.6) is 5.75 Å². The number of nitrogens with zero attached hydrogens (tertiary/aromatic N) is 2. The minimum absolute atomic E-state index is 0.0352. The molecule has 4 rings (SSSR count). The highest BCUT2D eigenvalue weighted by atomic mass is 35.5. The van der Waals surface area contributed by atoms with Crippen LogP contribution in [-0.2, 0) is 12.7 Å². The third kappa shape index (κ3) is 5.81.